The molecule has 6 heteroatoms. The molecule has 0 bridgehead atoms. The molecular formula is C29H35N3O3. The van der Waals surface area contributed by atoms with E-state index in [0.717, 1.165) is 50.2 Å². The van der Waals surface area contributed by atoms with E-state index in [4.69, 9.17) is 9.15 Å². The van der Waals surface area contributed by atoms with Gasteiger partial charge in [0.25, 0.3) is 5.91 Å². The molecule has 2 aliphatic rings. The number of carbonyl (C=O) groups excluding carboxylic acids is 1. The zero-order valence-corrected chi connectivity index (χ0v) is 20.3. The minimum Gasteiger partial charge on any atom is -0.469 e. The number of morpholine rings is 1. The van der Waals surface area contributed by atoms with Crippen molar-refractivity contribution in [2.24, 2.45) is 0 Å². The van der Waals surface area contributed by atoms with Crippen LogP contribution < -0.4 is 10.2 Å². The van der Waals surface area contributed by atoms with Crippen molar-refractivity contribution in [2.75, 3.05) is 50.8 Å². The summed E-state index contributed by atoms with van der Waals surface area (Å²) in [6, 6.07) is 23.3. The second kappa shape index (κ2) is 11.6. The van der Waals surface area contributed by atoms with Crippen LogP contribution in [0.1, 0.15) is 46.9 Å². The maximum absolute atomic E-state index is 12.7. The first-order chi connectivity index (χ1) is 17.3. The smallest absolute Gasteiger partial charge is 0.254 e. The van der Waals surface area contributed by atoms with Crippen LogP contribution in [-0.4, -0.2) is 62.8 Å². The van der Waals surface area contributed by atoms with Crippen LogP contribution in [0.4, 0.5) is 5.69 Å². The third-order valence-electron chi connectivity index (χ3n) is 7.23. The summed E-state index contributed by atoms with van der Waals surface area (Å²) in [4.78, 5) is 17.0. The van der Waals surface area contributed by atoms with Gasteiger partial charge in [-0.3, -0.25) is 4.79 Å². The number of benzene rings is 2. The summed E-state index contributed by atoms with van der Waals surface area (Å²) in [5.41, 5.74) is 3.26. The maximum atomic E-state index is 12.7. The van der Waals surface area contributed by atoms with E-state index in [-0.39, 0.29) is 11.8 Å². The Morgan fingerprint density at radius 1 is 0.914 bits per heavy atom. The summed E-state index contributed by atoms with van der Waals surface area (Å²) in [7, 11) is 0. The van der Waals surface area contributed by atoms with Crippen molar-refractivity contribution in [3.05, 3.63) is 89.9 Å². The minimum atomic E-state index is 0.103. The Hall–Kier alpha value is -3.09. The third kappa shape index (κ3) is 5.95. The predicted molar refractivity (Wildman–Crippen MR) is 138 cm³/mol. The van der Waals surface area contributed by atoms with Gasteiger partial charge in [0.15, 0.2) is 0 Å². The second-order valence-corrected chi connectivity index (χ2v) is 9.43. The maximum Gasteiger partial charge on any atom is 0.254 e. The molecule has 0 radical (unpaired) electrons. The van der Waals surface area contributed by atoms with Gasteiger partial charge in [0, 0.05) is 49.4 Å². The molecule has 184 valence electrons. The first-order valence-corrected chi connectivity index (χ1v) is 12.8. The Labute approximate surface area is 207 Å². The molecule has 0 saturated carbocycles. The Morgan fingerprint density at radius 2 is 1.66 bits per heavy atom. The molecule has 0 spiro atoms. The van der Waals surface area contributed by atoms with E-state index in [1.807, 2.05) is 23.1 Å². The van der Waals surface area contributed by atoms with Crippen LogP contribution >= 0.6 is 0 Å². The minimum absolute atomic E-state index is 0.103. The molecule has 1 atom stereocenters. The highest BCUT2D eigenvalue weighted by Crippen LogP contribution is 2.28. The molecule has 6 nitrogen and oxygen atoms in total. The molecule has 5 rings (SSSR count). The van der Waals surface area contributed by atoms with Crippen LogP contribution in [0, 0.1) is 0 Å². The average molecular weight is 474 g/mol. The lowest BCUT2D eigenvalue weighted by molar-refractivity contribution is 0.0303. The van der Waals surface area contributed by atoms with Gasteiger partial charge in [-0.1, -0.05) is 30.3 Å². The molecule has 2 saturated heterocycles. The molecule has 35 heavy (non-hydrogen) atoms. The Bertz CT molecular complexity index is 1040. The molecule has 2 aromatic carbocycles. The van der Waals surface area contributed by atoms with Crippen LogP contribution in [0.15, 0.2) is 77.4 Å². The lowest BCUT2D eigenvalue weighted by atomic mass is 9.93. The first kappa shape index (κ1) is 23.6. The van der Waals surface area contributed by atoms with Gasteiger partial charge in [0.05, 0.1) is 19.5 Å². The van der Waals surface area contributed by atoms with Gasteiger partial charge in [-0.15, -0.1) is 0 Å². The Kier molecular flexibility index (Phi) is 7.81. The van der Waals surface area contributed by atoms with Gasteiger partial charge in [0.1, 0.15) is 5.76 Å². The fraction of sp³-hybridized carbons (Fsp3) is 0.414. The normalized spacial score (nSPS) is 17.9. The van der Waals surface area contributed by atoms with E-state index >= 15 is 0 Å². The fourth-order valence-electron chi connectivity index (χ4n) is 5.19. The van der Waals surface area contributed by atoms with Crippen molar-refractivity contribution in [3.8, 4) is 0 Å². The van der Waals surface area contributed by atoms with Crippen molar-refractivity contribution in [3.63, 3.8) is 0 Å². The fourth-order valence-corrected chi connectivity index (χ4v) is 5.19. The van der Waals surface area contributed by atoms with Crippen molar-refractivity contribution < 1.29 is 13.9 Å². The van der Waals surface area contributed by atoms with Gasteiger partial charge in [-0.05, 0) is 67.8 Å². The second-order valence-electron chi connectivity index (χ2n) is 9.43. The number of hydrogen-bond donors (Lipinski definition) is 1. The number of nitrogens with one attached hydrogen (secondary N) is 1. The number of hydrogen-bond acceptors (Lipinski definition) is 5. The number of furan rings is 1. The van der Waals surface area contributed by atoms with Crippen molar-refractivity contribution in [1.82, 2.24) is 10.2 Å². The summed E-state index contributed by atoms with van der Waals surface area (Å²) in [6.45, 7) is 5.61. The van der Waals surface area contributed by atoms with Crippen molar-refractivity contribution in [2.45, 2.75) is 31.2 Å². The lowest BCUT2D eigenvalue weighted by Gasteiger charge is -2.34. The summed E-state index contributed by atoms with van der Waals surface area (Å²) >= 11 is 0. The lowest BCUT2D eigenvalue weighted by Crippen LogP contribution is -2.43. The standard InChI is InChI=1S/C29H35N3O3/c33-29(32-18-21-34-22-19-32)24-8-10-26(11-9-24)31-16-13-25(14-17-31)30-15-12-27(28-7-4-20-35-28)23-5-2-1-3-6-23/h1-11,20,25,27,30H,12-19,21-22H2/t27-/m1/s1. The van der Waals surface area contributed by atoms with Crippen molar-refractivity contribution in [1.29, 1.82) is 0 Å². The molecule has 0 aliphatic carbocycles. The van der Waals surface area contributed by atoms with Gasteiger partial charge >= 0.3 is 0 Å². The molecular weight excluding hydrogens is 438 g/mol. The Morgan fingerprint density at radius 3 is 2.34 bits per heavy atom. The molecule has 0 unspecified atom stereocenters. The summed E-state index contributed by atoms with van der Waals surface area (Å²) < 4.78 is 11.1. The number of carbonyl (C=O) groups is 1. The topological polar surface area (TPSA) is 58.0 Å². The van der Waals surface area contributed by atoms with Gasteiger partial charge < -0.3 is 24.3 Å². The quantitative estimate of drug-likeness (QED) is 0.521. The number of anilines is 1. The van der Waals surface area contributed by atoms with Crippen LogP contribution in [0.5, 0.6) is 0 Å². The average Bonchev–Trinajstić information content (AvgIpc) is 3.47. The van der Waals surface area contributed by atoms with E-state index in [0.29, 0.717) is 32.3 Å². The van der Waals surface area contributed by atoms with Crippen LogP contribution in [0.3, 0.4) is 0 Å². The monoisotopic (exact) mass is 473 g/mol. The highest BCUT2D eigenvalue weighted by molar-refractivity contribution is 5.94. The third-order valence-corrected chi connectivity index (χ3v) is 7.23. The van der Waals surface area contributed by atoms with Gasteiger partial charge in [-0.2, -0.15) is 0 Å². The van der Waals surface area contributed by atoms with Crippen LogP contribution in [0.25, 0.3) is 0 Å². The molecule has 1 aromatic heterocycles. The summed E-state index contributed by atoms with van der Waals surface area (Å²) in [5, 5.41) is 3.79. The van der Waals surface area contributed by atoms with E-state index in [9.17, 15) is 4.79 Å². The van der Waals surface area contributed by atoms with E-state index in [1.165, 1.54) is 11.3 Å². The Balaban J connectivity index is 1.09. The number of rotatable bonds is 8. The van der Waals surface area contributed by atoms with E-state index < -0.39 is 0 Å². The van der Waals surface area contributed by atoms with Crippen molar-refractivity contribution >= 4 is 11.6 Å². The van der Waals surface area contributed by atoms with Gasteiger partial charge in [0.2, 0.25) is 0 Å². The van der Waals surface area contributed by atoms with Crippen LogP contribution in [-0.2, 0) is 4.74 Å². The SMILES string of the molecule is O=C(c1ccc(N2CCC(NCC[C@H](c3ccccc3)c3ccco3)CC2)cc1)N1CCOCC1. The summed E-state index contributed by atoms with van der Waals surface area (Å²) in [6.07, 6.45) is 5.01. The highest BCUT2D eigenvalue weighted by atomic mass is 16.5. The number of amides is 1. The van der Waals surface area contributed by atoms with E-state index in [1.54, 1.807) is 6.26 Å². The number of nitrogens with zero attached hydrogens (tertiary/aromatic N) is 2. The largest absolute Gasteiger partial charge is 0.469 e. The van der Waals surface area contributed by atoms with Gasteiger partial charge in [-0.25, -0.2) is 0 Å². The molecule has 2 aliphatic heterocycles. The number of piperidine rings is 1. The zero-order chi connectivity index (χ0) is 23.9. The molecule has 1 N–H and O–H groups in total. The van der Waals surface area contributed by atoms with Crippen LogP contribution in [0.2, 0.25) is 0 Å². The predicted octanol–water partition coefficient (Wildman–Crippen LogP) is 4.53. The molecule has 3 aromatic rings. The number of ether oxygens (including phenoxy) is 1. The first-order valence-electron chi connectivity index (χ1n) is 12.8. The molecule has 3 heterocycles. The molecule has 2 fully saturated rings. The summed E-state index contributed by atoms with van der Waals surface area (Å²) in [5.74, 6) is 1.41. The zero-order valence-electron chi connectivity index (χ0n) is 20.3. The molecule has 1 amide bonds. The van der Waals surface area contributed by atoms with E-state index in [2.05, 4.69) is 58.7 Å². The highest BCUT2D eigenvalue weighted by Gasteiger charge is 2.22.